The molecule has 0 aliphatic heterocycles. The normalized spacial score (nSPS) is 12.1. The minimum atomic E-state index is -0.794. The second-order valence-electron chi connectivity index (χ2n) is 5.79. The van der Waals surface area contributed by atoms with Crippen LogP contribution in [0.25, 0.3) is 21.9 Å². The van der Waals surface area contributed by atoms with Gasteiger partial charge in [0.05, 0.1) is 13.0 Å². The Bertz CT molecular complexity index is 883. The van der Waals surface area contributed by atoms with E-state index in [4.69, 9.17) is 4.74 Å². The van der Waals surface area contributed by atoms with E-state index in [0.29, 0.717) is 6.42 Å². The lowest BCUT2D eigenvalue weighted by atomic mass is 9.88. The van der Waals surface area contributed by atoms with Crippen LogP contribution in [-0.4, -0.2) is 18.2 Å². The number of methoxy groups -OCH3 is 1. The van der Waals surface area contributed by atoms with Gasteiger partial charge in [0.2, 0.25) is 0 Å². The van der Waals surface area contributed by atoms with Crippen molar-refractivity contribution in [3.63, 3.8) is 0 Å². The minimum Gasteiger partial charge on any atom is -0.496 e. The molecule has 3 aromatic carbocycles. The molecule has 24 heavy (non-hydrogen) atoms. The third-order valence-electron chi connectivity index (χ3n) is 4.40. The van der Waals surface area contributed by atoms with Crippen LogP contribution in [0.4, 0.5) is 0 Å². The Morgan fingerprint density at radius 2 is 1.79 bits per heavy atom. The van der Waals surface area contributed by atoms with Crippen molar-refractivity contribution in [2.24, 2.45) is 0 Å². The van der Waals surface area contributed by atoms with Crippen LogP contribution in [0.1, 0.15) is 24.8 Å². The van der Waals surface area contributed by atoms with E-state index in [-0.39, 0.29) is 0 Å². The highest BCUT2D eigenvalue weighted by Crippen LogP contribution is 2.36. The van der Waals surface area contributed by atoms with Crippen molar-refractivity contribution in [3.8, 4) is 16.9 Å². The third kappa shape index (κ3) is 2.85. The topological polar surface area (TPSA) is 46.5 Å². The van der Waals surface area contributed by atoms with Crippen molar-refractivity contribution >= 4 is 16.7 Å². The standard InChI is InChI=1S/C21H20O3/c1-3-16(21(22)23)19-11-7-6-9-17(19)15-12-14-8-4-5-10-18(14)20(13-15)24-2/h4-13,16H,3H2,1-2H3,(H,22,23)/t16-/m0/s1. The number of aliphatic carboxylic acids is 1. The fourth-order valence-corrected chi connectivity index (χ4v) is 3.19. The molecule has 0 amide bonds. The number of fused-ring (bicyclic) bond motifs is 1. The maximum Gasteiger partial charge on any atom is 0.310 e. The summed E-state index contributed by atoms with van der Waals surface area (Å²) in [6.45, 7) is 1.90. The molecule has 1 N–H and O–H groups in total. The summed E-state index contributed by atoms with van der Waals surface area (Å²) in [7, 11) is 1.66. The number of benzene rings is 3. The fraction of sp³-hybridized carbons (Fsp3) is 0.190. The molecule has 122 valence electrons. The van der Waals surface area contributed by atoms with E-state index >= 15 is 0 Å². The van der Waals surface area contributed by atoms with Crippen molar-refractivity contribution in [2.75, 3.05) is 7.11 Å². The molecule has 0 unspecified atom stereocenters. The number of carboxylic acid groups (broad SMARTS) is 1. The Morgan fingerprint density at radius 3 is 2.50 bits per heavy atom. The number of carboxylic acids is 1. The van der Waals surface area contributed by atoms with Gasteiger partial charge < -0.3 is 9.84 Å². The number of hydrogen-bond acceptors (Lipinski definition) is 2. The molecule has 3 rings (SSSR count). The van der Waals surface area contributed by atoms with Gasteiger partial charge in [-0.15, -0.1) is 0 Å². The van der Waals surface area contributed by atoms with E-state index in [0.717, 1.165) is 33.2 Å². The van der Waals surface area contributed by atoms with Crippen molar-refractivity contribution in [3.05, 3.63) is 66.2 Å². The second-order valence-corrected chi connectivity index (χ2v) is 5.79. The van der Waals surface area contributed by atoms with E-state index in [1.165, 1.54) is 0 Å². The predicted octanol–water partition coefficient (Wildman–Crippen LogP) is 5.09. The van der Waals surface area contributed by atoms with Gasteiger partial charge in [0.15, 0.2) is 0 Å². The first-order valence-corrected chi connectivity index (χ1v) is 8.04. The monoisotopic (exact) mass is 320 g/mol. The van der Waals surface area contributed by atoms with Crippen LogP contribution >= 0.6 is 0 Å². The second kappa shape index (κ2) is 6.75. The summed E-state index contributed by atoms with van der Waals surface area (Å²) < 4.78 is 5.55. The molecule has 0 spiro atoms. The number of carbonyl (C=O) groups is 1. The molecular formula is C21H20O3. The molecule has 0 aliphatic rings. The summed E-state index contributed by atoms with van der Waals surface area (Å²) in [5, 5.41) is 11.7. The van der Waals surface area contributed by atoms with E-state index < -0.39 is 11.9 Å². The van der Waals surface area contributed by atoms with Gasteiger partial charge in [0, 0.05) is 5.39 Å². The molecule has 3 aromatic rings. The lowest BCUT2D eigenvalue weighted by molar-refractivity contribution is -0.138. The number of ether oxygens (including phenoxy) is 1. The Morgan fingerprint density at radius 1 is 1.08 bits per heavy atom. The Kier molecular flexibility index (Phi) is 4.52. The molecule has 0 saturated heterocycles. The molecule has 3 heteroatoms. The molecule has 0 fully saturated rings. The van der Waals surface area contributed by atoms with E-state index in [2.05, 4.69) is 6.07 Å². The maximum atomic E-state index is 11.6. The van der Waals surface area contributed by atoms with Gasteiger partial charge in [0.1, 0.15) is 5.75 Å². The highest BCUT2D eigenvalue weighted by Gasteiger charge is 2.21. The zero-order valence-electron chi connectivity index (χ0n) is 13.8. The van der Waals surface area contributed by atoms with Crippen molar-refractivity contribution in [1.82, 2.24) is 0 Å². The van der Waals surface area contributed by atoms with Crippen molar-refractivity contribution in [2.45, 2.75) is 19.3 Å². The lowest BCUT2D eigenvalue weighted by Crippen LogP contribution is -2.11. The van der Waals surface area contributed by atoms with Gasteiger partial charge in [0.25, 0.3) is 0 Å². The first-order valence-electron chi connectivity index (χ1n) is 8.04. The molecule has 0 bridgehead atoms. The van der Waals surface area contributed by atoms with Gasteiger partial charge >= 0.3 is 5.97 Å². The summed E-state index contributed by atoms with van der Waals surface area (Å²) in [6, 6.07) is 19.8. The predicted molar refractivity (Wildman–Crippen MR) is 96.6 cm³/mol. The highest BCUT2D eigenvalue weighted by molar-refractivity contribution is 5.93. The van der Waals surface area contributed by atoms with Crippen molar-refractivity contribution in [1.29, 1.82) is 0 Å². The van der Waals surface area contributed by atoms with Crippen molar-refractivity contribution < 1.29 is 14.6 Å². The molecule has 0 heterocycles. The summed E-state index contributed by atoms with van der Waals surface area (Å²) in [4.78, 5) is 11.6. The number of hydrogen-bond donors (Lipinski definition) is 1. The van der Waals surface area contributed by atoms with E-state index in [1.54, 1.807) is 7.11 Å². The van der Waals surface area contributed by atoms with Gasteiger partial charge in [-0.2, -0.15) is 0 Å². The highest BCUT2D eigenvalue weighted by atomic mass is 16.5. The summed E-state index contributed by atoms with van der Waals surface area (Å²) in [6.07, 6.45) is 0.553. The van der Waals surface area contributed by atoms with E-state index in [1.807, 2.05) is 61.5 Å². The fourth-order valence-electron chi connectivity index (χ4n) is 3.19. The lowest BCUT2D eigenvalue weighted by Gasteiger charge is -2.17. The first-order chi connectivity index (χ1) is 11.7. The minimum absolute atomic E-state index is 0.515. The molecule has 0 radical (unpaired) electrons. The summed E-state index contributed by atoms with van der Waals surface area (Å²) >= 11 is 0. The first kappa shape index (κ1) is 16.1. The van der Waals surface area contributed by atoms with Gasteiger partial charge in [-0.25, -0.2) is 0 Å². The quantitative estimate of drug-likeness (QED) is 0.712. The third-order valence-corrected chi connectivity index (χ3v) is 4.40. The van der Waals surface area contributed by atoms with Crippen LogP contribution < -0.4 is 4.74 Å². The molecule has 0 aromatic heterocycles. The molecule has 0 saturated carbocycles. The zero-order chi connectivity index (χ0) is 17.1. The number of rotatable bonds is 5. The molecule has 1 atom stereocenters. The smallest absolute Gasteiger partial charge is 0.310 e. The maximum absolute atomic E-state index is 11.6. The SMILES string of the molecule is CC[C@H](C(=O)O)c1ccccc1-c1cc(OC)c2ccccc2c1. The van der Waals surface area contributed by atoms with Gasteiger partial charge in [-0.3, -0.25) is 4.79 Å². The van der Waals surface area contributed by atoms with Gasteiger partial charge in [-0.1, -0.05) is 55.5 Å². The van der Waals surface area contributed by atoms with Gasteiger partial charge in [-0.05, 0) is 40.6 Å². The summed E-state index contributed by atoms with van der Waals surface area (Å²) in [5.41, 5.74) is 2.75. The molecule has 3 nitrogen and oxygen atoms in total. The zero-order valence-corrected chi connectivity index (χ0v) is 13.8. The Labute approximate surface area is 141 Å². The average molecular weight is 320 g/mol. The van der Waals surface area contributed by atoms with Crippen LogP contribution in [0.15, 0.2) is 60.7 Å². The van der Waals surface area contributed by atoms with Crippen LogP contribution in [0, 0.1) is 0 Å². The largest absolute Gasteiger partial charge is 0.496 e. The average Bonchev–Trinajstić information content (AvgIpc) is 2.61. The Balaban J connectivity index is 2.23. The van der Waals surface area contributed by atoms with Crippen LogP contribution in [-0.2, 0) is 4.79 Å². The molecular weight excluding hydrogens is 300 g/mol. The summed E-state index contributed by atoms with van der Waals surface area (Å²) in [5.74, 6) is -0.516. The molecule has 0 aliphatic carbocycles. The Hall–Kier alpha value is -2.81. The van der Waals surface area contributed by atoms with Crippen LogP contribution in [0.5, 0.6) is 5.75 Å². The van der Waals surface area contributed by atoms with Crippen LogP contribution in [0.2, 0.25) is 0 Å². The van der Waals surface area contributed by atoms with E-state index in [9.17, 15) is 9.90 Å². The van der Waals surface area contributed by atoms with Crippen LogP contribution in [0.3, 0.4) is 0 Å².